The van der Waals surface area contributed by atoms with E-state index in [0.29, 0.717) is 23.7 Å². The van der Waals surface area contributed by atoms with Crippen LogP contribution in [0.4, 0.5) is 19.0 Å². The first kappa shape index (κ1) is 17.5. The summed E-state index contributed by atoms with van der Waals surface area (Å²) < 4.78 is 39.0. The fourth-order valence-corrected chi connectivity index (χ4v) is 2.32. The minimum atomic E-state index is -4.46. The second-order valence-electron chi connectivity index (χ2n) is 5.64. The van der Waals surface area contributed by atoms with E-state index in [-0.39, 0.29) is 0 Å². The van der Waals surface area contributed by atoms with Crippen LogP contribution in [-0.4, -0.2) is 14.8 Å². The van der Waals surface area contributed by atoms with E-state index in [4.69, 9.17) is 5.26 Å². The number of nitrogens with one attached hydrogen (secondary N) is 1. The average Bonchev–Trinajstić information content (AvgIpc) is 3.12. The van der Waals surface area contributed by atoms with Crippen LogP contribution in [0.2, 0.25) is 0 Å². The molecule has 3 rings (SSSR count). The lowest BCUT2D eigenvalue weighted by molar-refractivity contribution is -0.141. The third kappa shape index (κ3) is 3.83. The van der Waals surface area contributed by atoms with E-state index in [0.717, 1.165) is 17.2 Å². The maximum absolute atomic E-state index is 12.6. The number of anilines is 1. The summed E-state index contributed by atoms with van der Waals surface area (Å²) in [5.74, 6) is 0.582. The number of aromatic nitrogens is 3. The quantitative estimate of drug-likeness (QED) is 0.764. The van der Waals surface area contributed by atoms with Gasteiger partial charge in [-0.15, -0.1) is 0 Å². The molecule has 2 aromatic heterocycles. The fraction of sp³-hybridized carbons (Fsp3) is 0.167. The Labute approximate surface area is 147 Å². The van der Waals surface area contributed by atoms with Crippen molar-refractivity contribution < 1.29 is 13.2 Å². The van der Waals surface area contributed by atoms with Crippen molar-refractivity contribution in [3.8, 4) is 11.8 Å². The van der Waals surface area contributed by atoms with Crippen LogP contribution in [-0.2, 0) is 12.7 Å². The van der Waals surface area contributed by atoms with Crippen molar-refractivity contribution in [2.24, 2.45) is 0 Å². The molecule has 0 amide bonds. The molecule has 132 valence electrons. The van der Waals surface area contributed by atoms with E-state index in [1.807, 2.05) is 19.1 Å². The summed E-state index contributed by atoms with van der Waals surface area (Å²) in [6.45, 7) is 2.28. The van der Waals surface area contributed by atoms with E-state index >= 15 is 0 Å². The predicted molar refractivity (Wildman–Crippen MR) is 89.6 cm³/mol. The summed E-state index contributed by atoms with van der Waals surface area (Å²) in [6.07, 6.45) is -3.19. The maximum Gasteiger partial charge on any atom is 0.435 e. The molecule has 0 saturated carbocycles. The van der Waals surface area contributed by atoms with Crippen molar-refractivity contribution in [1.82, 2.24) is 14.8 Å². The van der Waals surface area contributed by atoms with E-state index in [2.05, 4.69) is 15.4 Å². The van der Waals surface area contributed by atoms with Crippen LogP contribution in [0.1, 0.15) is 22.5 Å². The molecule has 3 aromatic rings. The van der Waals surface area contributed by atoms with Gasteiger partial charge in [0.05, 0.1) is 5.69 Å². The Balaban J connectivity index is 1.68. The normalized spacial score (nSPS) is 11.2. The molecular weight excluding hydrogens is 343 g/mol. The number of hydrogen-bond acceptors (Lipinski definition) is 4. The molecule has 5 nitrogen and oxygen atoms in total. The molecule has 0 radical (unpaired) electrons. The van der Waals surface area contributed by atoms with E-state index in [9.17, 15) is 13.2 Å². The summed E-state index contributed by atoms with van der Waals surface area (Å²) in [7, 11) is 0. The van der Waals surface area contributed by atoms with Crippen LogP contribution in [0.5, 0.6) is 0 Å². The van der Waals surface area contributed by atoms with Crippen molar-refractivity contribution in [3.05, 3.63) is 71.2 Å². The van der Waals surface area contributed by atoms with E-state index < -0.39 is 11.9 Å². The molecule has 0 fully saturated rings. The van der Waals surface area contributed by atoms with Crippen LogP contribution in [0.15, 0.2) is 48.7 Å². The number of nitriles is 1. The average molecular weight is 357 g/mol. The molecule has 0 spiro atoms. The Hall–Kier alpha value is -3.34. The van der Waals surface area contributed by atoms with Gasteiger partial charge in [-0.1, -0.05) is 18.2 Å². The standard InChI is InChI=1S/C18H14F3N5/c1-12-2-7-17(24-15(12)10-22)23-11-13-3-5-14(6-4-13)26-9-8-16(25-26)18(19,20)21/h2-9H,11H2,1H3,(H,23,24). The summed E-state index contributed by atoms with van der Waals surface area (Å²) in [6, 6.07) is 13.5. The van der Waals surface area contributed by atoms with Crippen molar-refractivity contribution >= 4 is 5.82 Å². The Bertz CT molecular complexity index is 952. The molecule has 0 bridgehead atoms. The third-order valence-corrected chi connectivity index (χ3v) is 3.76. The molecule has 0 saturated heterocycles. The molecule has 0 aliphatic carbocycles. The molecular formula is C18H14F3N5. The SMILES string of the molecule is Cc1ccc(NCc2ccc(-n3ccc(C(F)(F)F)n3)cc2)nc1C#N. The van der Waals surface area contributed by atoms with Crippen molar-refractivity contribution in [2.45, 2.75) is 19.6 Å². The van der Waals surface area contributed by atoms with Gasteiger partial charge in [-0.2, -0.15) is 23.5 Å². The molecule has 0 aliphatic rings. The smallest absolute Gasteiger partial charge is 0.366 e. The lowest BCUT2D eigenvalue weighted by Crippen LogP contribution is -2.07. The number of pyridine rings is 1. The number of rotatable bonds is 4. The summed E-state index contributed by atoms with van der Waals surface area (Å²) in [4.78, 5) is 4.20. The zero-order valence-corrected chi connectivity index (χ0v) is 13.7. The van der Waals surface area contributed by atoms with Gasteiger partial charge in [0, 0.05) is 12.7 Å². The molecule has 0 unspecified atom stereocenters. The minimum Gasteiger partial charge on any atom is -0.366 e. The molecule has 0 aliphatic heterocycles. The molecule has 1 N–H and O–H groups in total. The van der Waals surface area contributed by atoms with Gasteiger partial charge in [0.1, 0.15) is 17.6 Å². The predicted octanol–water partition coefficient (Wildman–Crippen LogP) is 4.08. The van der Waals surface area contributed by atoms with Gasteiger partial charge in [-0.3, -0.25) is 0 Å². The second-order valence-corrected chi connectivity index (χ2v) is 5.64. The Morgan fingerprint density at radius 1 is 1.12 bits per heavy atom. The lowest BCUT2D eigenvalue weighted by atomic mass is 10.2. The van der Waals surface area contributed by atoms with Crippen molar-refractivity contribution in [1.29, 1.82) is 5.26 Å². The zero-order valence-electron chi connectivity index (χ0n) is 13.7. The topological polar surface area (TPSA) is 66.5 Å². The molecule has 1 aromatic carbocycles. The van der Waals surface area contributed by atoms with Crippen molar-refractivity contribution in [2.75, 3.05) is 5.32 Å². The first-order chi connectivity index (χ1) is 12.4. The Morgan fingerprint density at radius 3 is 2.46 bits per heavy atom. The number of hydrogen-bond donors (Lipinski definition) is 1. The Kier molecular flexibility index (Phi) is 4.63. The minimum absolute atomic E-state index is 0.365. The van der Waals surface area contributed by atoms with E-state index in [1.165, 1.54) is 10.9 Å². The van der Waals surface area contributed by atoms with Gasteiger partial charge in [-0.05, 0) is 42.3 Å². The van der Waals surface area contributed by atoms with Gasteiger partial charge in [0.25, 0.3) is 0 Å². The number of benzene rings is 1. The van der Waals surface area contributed by atoms with Gasteiger partial charge in [0.2, 0.25) is 0 Å². The van der Waals surface area contributed by atoms with Gasteiger partial charge in [0.15, 0.2) is 5.69 Å². The highest BCUT2D eigenvalue weighted by Gasteiger charge is 2.33. The highest BCUT2D eigenvalue weighted by molar-refractivity contribution is 5.43. The van der Waals surface area contributed by atoms with Gasteiger partial charge >= 0.3 is 6.18 Å². The fourth-order valence-electron chi connectivity index (χ4n) is 2.32. The van der Waals surface area contributed by atoms with Crippen LogP contribution < -0.4 is 5.32 Å². The van der Waals surface area contributed by atoms with Crippen molar-refractivity contribution in [3.63, 3.8) is 0 Å². The van der Waals surface area contributed by atoms with Crippen LogP contribution in [0.25, 0.3) is 5.69 Å². The number of nitrogens with zero attached hydrogens (tertiary/aromatic N) is 4. The molecule has 2 heterocycles. The van der Waals surface area contributed by atoms with Crippen LogP contribution in [0.3, 0.4) is 0 Å². The number of aryl methyl sites for hydroxylation is 1. The first-order valence-corrected chi connectivity index (χ1v) is 7.70. The summed E-state index contributed by atoms with van der Waals surface area (Å²) >= 11 is 0. The summed E-state index contributed by atoms with van der Waals surface area (Å²) in [5.41, 5.74) is 1.69. The lowest BCUT2D eigenvalue weighted by Gasteiger charge is -2.08. The number of halogens is 3. The third-order valence-electron chi connectivity index (χ3n) is 3.76. The number of alkyl halides is 3. The first-order valence-electron chi connectivity index (χ1n) is 7.70. The summed E-state index contributed by atoms with van der Waals surface area (Å²) in [5, 5.41) is 15.7. The van der Waals surface area contributed by atoms with Crippen LogP contribution in [0, 0.1) is 18.3 Å². The highest BCUT2D eigenvalue weighted by atomic mass is 19.4. The Morgan fingerprint density at radius 2 is 1.85 bits per heavy atom. The molecule has 8 heteroatoms. The monoisotopic (exact) mass is 357 g/mol. The van der Waals surface area contributed by atoms with Crippen LogP contribution >= 0.6 is 0 Å². The maximum atomic E-state index is 12.6. The second kappa shape index (κ2) is 6.88. The molecule has 0 atom stereocenters. The highest BCUT2D eigenvalue weighted by Crippen LogP contribution is 2.27. The van der Waals surface area contributed by atoms with E-state index in [1.54, 1.807) is 30.3 Å². The zero-order chi connectivity index (χ0) is 18.7. The molecule has 26 heavy (non-hydrogen) atoms. The van der Waals surface area contributed by atoms with Gasteiger partial charge in [-0.25, -0.2) is 9.67 Å². The largest absolute Gasteiger partial charge is 0.435 e. The van der Waals surface area contributed by atoms with Gasteiger partial charge < -0.3 is 5.32 Å².